The molecule has 44 heavy (non-hydrogen) atoms. The minimum absolute atomic E-state index is 0.0294. The smallest absolute Gasteiger partial charge is 0.192 e. The van der Waals surface area contributed by atoms with Crippen molar-refractivity contribution in [2.75, 3.05) is 6.61 Å². The lowest BCUT2D eigenvalue weighted by Gasteiger charge is -2.50. The summed E-state index contributed by atoms with van der Waals surface area (Å²) in [5, 5.41) is -0.135. The maximum absolute atomic E-state index is 13.1. The average Bonchev–Trinajstić information content (AvgIpc) is 2.73. The second-order valence-corrected chi connectivity index (χ2v) is 43.5. The van der Waals surface area contributed by atoms with Crippen molar-refractivity contribution in [3.63, 3.8) is 0 Å². The van der Waals surface area contributed by atoms with Gasteiger partial charge in [0, 0.05) is 0 Å². The van der Waals surface area contributed by atoms with Crippen LogP contribution in [0.5, 0.6) is 0 Å². The number of aldehydes is 1. The lowest BCUT2D eigenvalue weighted by atomic mass is 10.0. The van der Waals surface area contributed by atoms with Gasteiger partial charge in [0.2, 0.25) is 0 Å². The molecule has 0 N–H and O–H groups in total. The Kier molecular flexibility index (Phi) is 14.8. The van der Waals surface area contributed by atoms with Crippen LogP contribution in [0.4, 0.5) is 0 Å². The zero-order valence-electron chi connectivity index (χ0n) is 33.5. The van der Waals surface area contributed by atoms with Gasteiger partial charge in [-0.25, -0.2) is 0 Å². The quantitative estimate of drug-likeness (QED) is 0.125. The highest BCUT2D eigenvalue weighted by Gasteiger charge is 2.52. The van der Waals surface area contributed by atoms with Gasteiger partial charge in [0.25, 0.3) is 0 Å². The van der Waals surface area contributed by atoms with Crippen molar-refractivity contribution in [1.82, 2.24) is 0 Å². The third-order valence-electron chi connectivity index (χ3n) is 10.8. The average molecular weight is 709 g/mol. The van der Waals surface area contributed by atoms with E-state index in [4.69, 9.17) is 22.1 Å². The molecule has 0 aromatic heterocycles. The van der Waals surface area contributed by atoms with E-state index in [-0.39, 0.29) is 20.2 Å². The van der Waals surface area contributed by atoms with Crippen LogP contribution in [0.2, 0.25) is 92.2 Å². The molecule has 0 radical (unpaired) electrons. The van der Waals surface area contributed by atoms with Crippen LogP contribution in [0.15, 0.2) is 0 Å². The fourth-order valence-corrected chi connectivity index (χ4v) is 9.50. The van der Waals surface area contributed by atoms with E-state index in [1.165, 1.54) is 0 Å². The summed E-state index contributed by atoms with van der Waals surface area (Å²) in [4.78, 5) is 13.1. The molecule has 0 rings (SSSR count). The molecule has 0 aliphatic carbocycles. The molecule has 0 aromatic carbocycles. The fourth-order valence-electron chi connectivity index (χ4n) is 3.55. The van der Waals surface area contributed by atoms with Crippen LogP contribution in [0.1, 0.15) is 83.1 Å². The standard InChI is InChI=1S/C33H76O6Si5/c1-30(2,3)41(16,17)35-25-27(37-42(18,19)31(4,5)6)29(39-44(22,23)33(10,11)12)28(26(24-34)36-40(13,14)15)38-43(20,21)32(7,8)9/h24,26-29H,25H2,1-23H3/t26-,27+,28-,29-/m1/s1. The molecule has 0 spiro atoms. The number of carbonyl (C=O) groups excluding carboxylic acids is 1. The molecule has 11 heteroatoms. The Morgan fingerprint density at radius 1 is 0.477 bits per heavy atom. The van der Waals surface area contributed by atoms with Crippen LogP contribution >= 0.6 is 0 Å². The van der Waals surface area contributed by atoms with Crippen LogP contribution in [-0.4, -0.2) is 78.9 Å². The Labute approximate surface area is 280 Å². The Bertz CT molecular complexity index is 915. The van der Waals surface area contributed by atoms with Gasteiger partial charge in [-0.2, -0.15) is 0 Å². The molecule has 6 nitrogen and oxygen atoms in total. The lowest BCUT2D eigenvalue weighted by Crippen LogP contribution is -2.63. The molecule has 0 aliphatic rings. The first-order chi connectivity index (χ1) is 18.9. The van der Waals surface area contributed by atoms with Gasteiger partial charge in [0.05, 0.1) is 12.7 Å². The first kappa shape index (κ1) is 44.6. The Balaban J connectivity index is 7.70. The zero-order valence-corrected chi connectivity index (χ0v) is 38.5. The molecule has 4 atom stereocenters. The van der Waals surface area contributed by atoms with Gasteiger partial charge in [-0.15, -0.1) is 0 Å². The third kappa shape index (κ3) is 12.5. The maximum Gasteiger partial charge on any atom is 0.192 e. The highest BCUT2D eigenvalue weighted by Crippen LogP contribution is 2.44. The molecule has 0 aromatic rings. The minimum Gasteiger partial charge on any atom is -0.414 e. The van der Waals surface area contributed by atoms with Gasteiger partial charge in [-0.05, 0) is 92.2 Å². The number of hydrogen-bond donors (Lipinski definition) is 0. The summed E-state index contributed by atoms with van der Waals surface area (Å²) in [7, 11) is -11.4. The van der Waals surface area contributed by atoms with Crippen molar-refractivity contribution in [2.45, 2.75) is 200 Å². The van der Waals surface area contributed by atoms with Crippen LogP contribution in [0, 0.1) is 0 Å². The summed E-state index contributed by atoms with van der Waals surface area (Å²) in [6.07, 6.45) is -1.43. The number of carbonyl (C=O) groups is 1. The predicted octanol–water partition coefficient (Wildman–Crippen LogP) is 10.6. The summed E-state index contributed by atoms with van der Waals surface area (Å²) in [5.74, 6) is 0. The molecule has 0 heterocycles. The van der Waals surface area contributed by atoms with E-state index in [1.54, 1.807) is 0 Å². The summed E-state index contributed by atoms with van der Waals surface area (Å²) in [5.41, 5.74) is 0. The van der Waals surface area contributed by atoms with Gasteiger partial charge < -0.3 is 26.9 Å². The van der Waals surface area contributed by atoms with E-state index >= 15 is 0 Å². The van der Waals surface area contributed by atoms with Crippen LogP contribution < -0.4 is 0 Å². The largest absolute Gasteiger partial charge is 0.414 e. The zero-order chi connectivity index (χ0) is 35.8. The molecule has 0 fully saturated rings. The summed E-state index contributed by atoms with van der Waals surface area (Å²) < 4.78 is 35.7. The Hall–Kier alpha value is 0.554. The Morgan fingerprint density at radius 2 is 0.795 bits per heavy atom. The van der Waals surface area contributed by atoms with Crippen molar-refractivity contribution in [3.05, 3.63) is 0 Å². The van der Waals surface area contributed by atoms with E-state index in [2.05, 4.69) is 155 Å². The fraction of sp³-hybridized carbons (Fsp3) is 0.970. The van der Waals surface area contributed by atoms with Crippen LogP contribution in [-0.2, 0) is 26.9 Å². The highest BCUT2D eigenvalue weighted by molar-refractivity contribution is 6.75. The maximum atomic E-state index is 13.1. The first-order valence-corrected chi connectivity index (χ1v) is 31.8. The third-order valence-corrected chi connectivity index (χ3v) is 29.7. The van der Waals surface area contributed by atoms with Gasteiger partial charge in [-0.3, -0.25) is 0 Å². The van der Waals surface area contributed by atoms with Gasteiger partial charge >= 0.3 is 0 Å². The highest BCUT2D eigenvalue weighted by atomic mass is 28.4. The topological polar surface area (TPSA) is 63.2 Å². The monoisotopic (exact) mass is 708 g/mol. The molecule has 0 saturated carbocycles. The van der Waals surface area contributed by atoms with Gasteiger partial charge in [0.15, 0.2) is 41.6 Å². The molecule has 0 aliphatic heterocycles. The minimum atomic E-state index is -2.40. The second-order valence-electron chi connectivity index (χ2n) is 20.0. The van der Waals surface area contributed by atoms with E-state index < -0.39 is 66.0 Å². The predicted molar refractivity (Wildman–Crippen MR) is 204 cm³/mol. The van der Waals surface area contributed by atoms with Crippen molar-refractivity contribution in [2.24, 2.45) is 0 Å². The SMILES string of the molecule is CC(C)(C)[Si](C)(C)OC[C@H](O[Si](C)(C)C(C)(C)C)[C@@H](O[Si](C)(C)C(C)(C)C)[C@H](O[Si](C)(C)C(C)(C)C)[C@@H](C=O)O[Si](C)(C)C. The Morgan fingerprint density at radius 3 is 1.09 bits per heavy atom. The van der Waals surface area contributed by atoms with Crippen LogP contribution in [0.25, 0.3) is 0 Å². The van der Waals surface area contributed by atoms with E-state index in [1.807, 2.05) is 0 Å². The van der Waals surface area contributed by atoms with E-state index in [0.29, 0.717) is 6.61 Å². The molecule has 0 amide bonds. The van der Waals surface area contributed by atoms with Gasteiger partial charge in [-0.1, -0.05) is 83.1 Å². The summed E-state index contributed by atoms with van der Waals surface area (Å²) in [6.45, 7) is 52.0. The van der Waals surface area contributed by atoms with Crippen molar-refractivity contribution in [3.8, 4) is 0 Å². The molecular formula is C33H76O6Si5. The second kappa shape index (κ2) is 14.6. The molecule has 0 unspecified atom stereocenters. The summed E-state index contributed by atoms with van der Waals surface area (Å²) in [6, 6.07) is 0. The summed E-state index contributed by atoms with van der Waals surface area (Å²) >= 11 is 0. The van der Waals surface area contributed by atoms with E-state index in [9.17, 15) is 4.79 Å². The first-order valence-electron chi connectivity index (χ1n) is 16.7. The van der Waals surface area contributed by atoms with Crippen molar-refractivity contribution in [1.29, 1.82) is 0 Å². The molecule has 0 bridgehead atoms. The van der Waals surface area contributed by atoms with Crippen molar-refractivity contribution >= 4 is 47.9 Å². The molecular weight excluding hydrogens is 633 g/mol. The van der Waals surface area contributed by atoms with E-state index in [0.717, 1.165) is 6.29 Å². The molecule has 264 valence electrons. The molecule has 0 saturated heterocycles. The lowest BCUT2D eigenvalue weighted by molar-refractivity contribution is -0.128. The van der Waals surface area contributed by atoms with Gasteiger partial charge in [0.1, 0.15) is 24.6 Å². The number of hydrogen-bond acceptors (Lipinski definition) is 6. The van der Waals surface area contributed by atoms with Crippen molar-refractivity contribution < 1.29 is 26.9 Å². The van der Waals surface area contributed by atoms with Crippen LogP contribution in [0.3, 0.4) is 0 Å². The normalized spacial score (nSPS) is 18.2. The number of rotatable bonds is 15.